The Bertz CT molecular complexity index is 3480. The van der Waals surface area contributed by atoms with Crippen molar-refractivity contribution in [3.05, 3.63) is 227 Å². The van der Waals surface area contributed by atoms with E-state index in [9.17, 15) is 25.2 Å². The molecular weight excluding hydrogens is 2070 g/mol. The number of halogens is 5. The third kappa shape index (κ3) is 58.6. The molecule has 0 unspecified atom stereocenters. The van der Waals surface area contributed by atoms with Crippen molar-refractivity contribution in [3.63, 3.8) is 0 Å². The van der Waals surface area contributed by atoms with Crippen LogP contribution in [0.3, 0.4) is 0 Å². The molecule has 734 valence electrons. The maximum Gasteiger partial charge on any atom is 4.00 e. The minimum Gasteiger partial charge on any atom is 4.00 e. The SMILES string of the molecule is CC(=O)C=C(C)[N-]CCO.CC(C)(C)[N-]P1N(C(C)(C)C)P([N-]C(C)(C)C)N1C(C)(C)C.CC(C)(C)[N-]P1N(C(C)(C)C)P([N-]C(C)(C)C)N1C(C)(C)C.Cc1cc(Cc2cc(C)cc(C(C)(C)C)c2O)c(O)c(C(C)(C)C)c1.Cc1cc(Sc2cc(C)cc(C(C)(C)C)c2O)c(O)c(C(C)(C)C)c1.[CH2-]C.[CH2-]C.[CH2-]Cl.[CH2-]c1ccccc1.[CH3-].[CH3-].[CH3-].[Cl][Ti+].[Cl][Ti+].[Cl][Ti][Cl].[Zr+4].[Zr+4]. The van der Waals surface area contributed by atoms with Crippen molar-refractivity contribution in [2.24, 2.45) is 0 Å². The molecule has 0 spiro atoms. The molecule has 0 atom stereocenters. The van der Waals surface area contributed by atoms with Gasteiger partial charge in [-0.1, -0.05) is 272 Å². The monoisotopic (exact) mass is 2240 g/mol. The van der Waals surface area contributed by atoms with Crippen molar-refractivity contribution in [2.45, 2.75) is 387 Å². The zero-order chi connectivity index (χ0) is 99.6. The molecule has 7 rings (SSSR count). The van der Waals surface area contributed by atoms with Crippen molar-refractivity contribution in [2.75, 3.05) is 13.2 Å². The van der Waals surface area contributed by atoms with E-state index in [-0.39, 0.29) is 153 Å². The van der Waals surface area contributed by atoms with Gasteiger partial charge in [0.1, 0.15) is 23.0 Å². The predicted molar refractivity (Wildman–Crippen MR) is 566 cm³/mol. The van der Waals surface area contributed by atoms with Crippen LogP contribution in [-0.2, 0) is 141 Å². The number of allylic oxidation sites excluding steroid dienone is 2. The van der Waals surface area contributed by atoms with Crippen LogP contribution in [0.25, 0.3) is 25.7 Å². The van der Waals surface area contributed by atoms with Crippen LogP contribution in [0.4, 0.5) is 0 Å². The molecule has 0 aromatic heterocycles. The Morgan fingerprint density at radius 3 is 0.798 bits per heavy atom. The smallest absolute Gasteiger partial charge is 4.00 e. The summed E-state index contributed by atoms with van der Waals surface area (Å²) in [6.07, 6.45) is 4.68. The second kappa shape index (κ2) is 67.1. The summed E-state index contributed by atoms with van der Waals surface area (Å²) < 4.78 is 10.3. The summed E-state index contributed by atoms with van der Waals surface area (Å²) in [5.41, 5.74) is 11.4. The summed E-state index contributed by atoms with van der Waals surface area (Å²) in [6.45, 7) is 104. The van der Waals surface area contributed by atoms with Crippen LogP contribution in [0.5, 0.6) is 23.0 Å². The largest absolute Gasteiger partial charge is 4.00 e. The minimum atomic E-state index is -0.654. The standard InChI is InChI=1S/C23H32O2.C22H30O2S.2C16H36N4P2.C7H13NO2.C7H7.2C2H5.CH2Cl.3CH3.4ClH.3Ti.2Zr/c1-14-9-16(20(24)18(11-14)22(3,4)5)13-17-10-15(2)12-19(21(17)25)23(6,7)8;1-13-9-15(21(3,4)5)19(23)17(11-13)25-18-12-14(2)10-16(20(18)24)22(6,7)8;2*1-13(2,3)17-21-19(15(7,8)9)22(18-14(4,5)6)20(21)16(10,11)12;1-6(5-7(2)10)8-3-4-9;1-7-5-3-2-4-6-7;3*1-2;;;;;;;;;;;;/h9-12,24-25H,13H2,1-8H3;9-12,23-24H,1-8H3;2*1-12H3;5,9H,3-4H2,1-2H3,(H,8,10);2-6H,1H2;2*1H2,2H3;1H2;3*1H3;4*1H;;;;;/q;;2*-2;;7*-1;;;;;3*+2;2*+4/p-5. The third-order valence-electron chi connectivity index (χ3n) is 16.0. The van der Waals surface area contributed by atoms with Gasteiger partial charge < -0.3 is 98.9 Å². The molecule has 129 heavy (non-hydrogen) atoms. The molecule has 0 radical (unpaired) electrons. The van der Waals surface area contributed by atoms with Gasteiger partial charge in [0.2, 0.25) is 0 Å². The van der Waals surface area contributed by atoms with Gasteiger partial charge >= 0.3 is 145 Å². The number of hydrogen-bond acceptors (Lipinski definition) is 11. The normalized spacial score (nSPS) is 15.4. The zero-order valence-electron chi connectivity index (χ0n) is 88.8. The van der Waals surface area contributed by atoms with Crippen LogP contribution in [0, 0.1) is 77.1 Å². The molecule has 2 fully saturated rings. The molecule has 2 aliphatic heterocycles. The fraction of sp³-hybridized carbons (Fsp3) is 0.596. The van der Waals surface area contributed by atoms with Crippen LogP contribution >= 0.6 is 94.1 Å². The number of aliphatic hydroxyl groups excluding tert-OH is 1. The predicted octanol–water partition coefficient (Wildman–Crippen LogP) is 35.9. The van der Waals surface area contributed by atoms with Gasteiger partial charge in [-0.3, -0.25) is 28.9 Å². The zero-order valence-corrected chi connectivity index (χ0v) is 107. The summed E-state index contributed by atoms with van der Waals surface area (Å²) in [6, 6.07) is 26.0. The average Bonchev–Trinajstić information content (AvgIpc) is 0.721. The minimum absolute atomic E-state index is 0. The Kier molecular flexibility index (Phi) is 78.3. The summed E-state index contributed by atoms with van der Waals surface area (Å²) in [5, 5.41) is 76.1. The molecule has 0 bridgehead atoms. The van der Waals surface area contributed by atoms with E-state index < -0.39 is 50.5 Å². The first-order valence-corrected chi connectivity index (χ1v) is 56.4. The Balaban J connectivity index is -0.000000164. The Morgan fingerprint density at radius 1 is 0.419 bits per heavy atom. The number of phenolic OH excluding ortho intramolecular Hbond substituents is 4. The number of nitrogens with zero attached hydrogens (tertiary/aromatic N) is 9. The van der Waals surface area contributed by atoms with E-state index in [0.717, 1.165) is 71.0 Å². The van der Waals surface area contributed by atoms with Crippen LogP contribution in [0.1, 0.15) is 338 Å². The van der Waals surface area contributed by atoms with Crippen molar-refractivity contribution in [3.8, 4) is 23.0 Å². The maximum absolute atomic E-state index is 10.8. The number of aryl methyl sites for hydroxylation is 4. The van der Waals surface area contributed by atoms with E-state index >= 15 is 0 Å². The molecule has 2 saturated heterocycles. The summed E-state index contributed by atoms with van der Waals surface area (Å²) >= 11 is 8.21. The van der Waals surface area contributed by atoms with Crippen molar-refractivity contribution in [1.29, 1.82) is 0 Å². The number of carbonyl (C=O) groups excluding carboxylic acids is 1. The van der Waals surface area contributed by atoms with E-state index in [1.54, 1.807) is 20.8 Å². The molecule has 2 aliphatic rings. The molecular formula is C99H174Cl5N9O6P4STi3Zr2-2. The van der Waals surface area contributed by atoms with Gasteiger partial charge in [-0.25, -0.2) is 0 Å². The Labute approximate surface area is 896 Å². The number of benzene rings is 5. The van der Waals surface area contributed by atoms with Gasteiger partial charge in [0.25, 0.3) is 0 Å². The maximum atomic E-state index is 10.8. The number of aliphatic hydroxyl groups is 1. The van der Waals surface area contributed by atoms with E-state index in [1.807, 2.05) is 80.6 Å². The Hall–Kier alpha value is 1.45. The average molecular weight is 2250 g/mol. The molecule has 5 aromatic rings. The first kappa shape index (κ1) is 151. The quantitative estimate of drug-likeness (QED) is 0.0344. The molecule has 0 aliphatic carbocycles. The molecule has 0 amide bonds. The first-order chi connectivity index (χ1) is 55.9. The molecule has 5 aromatic carbocycles. The van der Waals surface area contributed by atoms with Crippen LogP contribution in [0.2, 0.25) is 0 Å². The molecule has 15 nitrogen and oxygen atoms in total. The molecule has 0 saturated carbocycles. The van der Waals surface area contributed by atoms with E-state index in [4.69, 9.17) is 44.1 Å². The molecule has 30 heteroatoms. The first-order valence-electron chi connectivity index (χ1n) is 41.7. The van der Waals surface area contributed by atoms with E-state index in [2.05, 4.69) is 356 Å². The Morgan fingerprint density at radius 2 is 0.628 bits per heavy atom. The topological polar surface area (TPSA) is 202 Å². The van der Waals surface area contributed by atoms with Gasteiger partial charge in [0, 0.05) is 46.3 Å². The third-order valence-corrected chi connectivity index (χ3v) is 31.5. The fourth-order valence-electron chi connectivity index (χ4n) is 11.4. The number of rotatable bonds is 12. The molecule has 2 heterocycles. The summed E-state index contributed by atoms with van der Waals surface area (Å²) in [7, 11) is 16.4. The van der Waals surface area contributed by atoms with Crippen LogP contribution < -0.4 is 0 Å². The number of phenols is 4. The number of carbonyl (C=O) groups is 1. The number of hydrogen-bond donors (Lipinski definition) is 5. The van der Waals surface area contributed by atoms with E-state index in [1.165, 1.54) is 63.5 Å². The van der Waals surface area contributed by atoms with Gasteiger partial charge in [0.05, 0.1) is 9.79 Å². The number of aromatic hydroxyl groups is 4. The summed E-state index contributed by atoms with van der Waals surface area (Å²) in [5.74, 6) is 1.29. The van der Waals surface area contributed by atoms with Gasteiger partial charge in [-0.05, 0) is 191 Å². The number of ketones is 1. The van der Waals surface area contributed by atoms with E-state index in [0.29, 0.717) is 41.7 Å². The molecule has 5 N–H and O–H groups in total. The van der Waals surface area contributed by atoms with Gasteiger partial charge in [-0.2, -0.15) is 44.2 Å². The van der Waals surface area contributed by atoms with Gasteiger partial charge in [0.15, 0.2) is 5.78 Å². The second-order valence-corrected chi connectivity index (χ2v) is 52.9. The summed E-state index contributed by atoms with van der Waals surface area (Å²) in [4.78, 5) is 12.0. The van der Waals surface area contributed by atoms with Crippen LogP contribution in [0.15, 0.2) is 100 Å². The van der Waals surface area contributed by atoms with Crippen molar-refractivity contribution in [1.82, 2.24) is 17.8 Å². The van der Waals surface area contributed by atoms with Crippen molar-refractivity contribution < 1.29 is 139 Å². The van der Waals surface area contributed by atoms with Gasteiger partial charge in [-0.15, -0.1) is 40.8 Å². The van der Waals surface area contributed by atoms with Crippen molar-refractivity contribution >= 4 is 99.9 Å². The second-order valence-electron chi connectivity index (χ2n) is 41.8. The van der Waals surface area contributed by atoms with Crippen LogP contribution in [-0.4, -0.2) is 107 Å². The fourth-order valence-corrected chi connectivity index (χ4v) is 24.4.